The minimum absolute atomic E-state index is 0.123. The molecule has 4 aromatic rings. The van der Waals surface area contributed by atoms with Crippen molar-refractivity contribution in [3.63, 3.8) is 0 Å². The molecule has 2 aromatic carbocycles. The summed E-state index contributed by atoms with van der Waals surface area (Å²) < 4.78 is 1.58. The van der Waals surface area contributed by atoms with Gasteiger partial charge in [-0.1, -0.05) is 60.3 Å². The van der Waals surface area contributed by atoms with Crippen LogP contribution in [0.2, 0.25) is 0 Å². The van der Waals surface area contributed by atoms with E-state index in [9.17, 15) is 4.79 Å². The average Bonchev–Trinajstić information content (AvgIpc) is 3.07. The van der Waals surface area contributed by atoms with Gasteiger partial charge < -0.3 is 11.1 Å². The number of nitrogen functional groups attached to an aromatic ring is 1. The molecule has 0 unspecified atom stereocenters. The Morgan fingerprint density at radius 3 is 2.48 bits per heavy atom. The molecule has 146 valence electrons. The molecule has 0 bridgehead atoms. The molecule has 0 amide bonds. The van der Waals surface area contributed by atoms with Gasteiger partial charge in [-0.25, -0.2) is 9.89 Å². The highest BCUT2D eigenvalue weighted by Gasteiger charge is 2.12. The zero-order valence-electron chi connectivity index (χ0n) is 15.3. The van der Waals surface area contributed by atoms with Gasteiger partial charge in [0.25, 0.3) is 0 Å². The minimum atomic E-state index is -0.266. The van der Waals surface area contributed by atoms with Crippen molar-refractivity contribution in [2.24, 2.45) is 0 Å². The summed E-state index contributed by atoms with van der Waals surface area (Å²) in [4.78, 5) is 24.8. The maximum absolute atomic E-state index is 12.1. The summed E-state index contributed by atoms with van der Waals surface area (Å²) in [5, 5.41) is 10.3. The molecular weight excluding hydrogens is 388 g/mol. The molecule has 0 atom stereocenters. The Morgan fingerprint density at radius 2 is 1.72 bits per heavy atom. The number of aromatic amines is 1. The van der Waals surface area contributed by atoms with E-state index in [0.29, 0.717) is 29.2 Å². The van der Waals surface area contributed by atoms with Gasteiger partial charge >= 0.3 is 5.69 Å². The lowest BCUT2D eigenvalue weighted by atomic mass is 10.2. The molecule has 0 aliphatic heterocycles. The fourth-order valence-electron chi connectivity index (χ4n) is 2.66. The molecule has 10 heteroatoms. The maximum atomic E-state index is 12.1. The minimum Gasteiger partial charge on any atom is -0.368 e. The average molecular weight is 406 g/mol. The number of nitrogens with zero attached hydrogens (tertiary/aromatic N) is 5. The number of thioether (sulfide) groups is 1. The van der Waals surface area contributed by atoms with Crippen LogP contribution in [-0.4, -0.2) is 29.7 Å². The van der Waals surface area contributed by atoms with E-state index in [0.717, 1.165) is 11.3 Å². The van der Waals surface area contributed by atoms with Crippen LogP contribution in [-0.2, 0) is 12.3 Å². The van der Waals surface area contributed by atoms with Crippen molar-refractivity contribution in [1.29, 1.82) is 0 Å². The Bertz CT molecular complexity index is 1140. The molecule has 9 nitrogen and oxygen atoms in total. The zero-order valence-corrected chi connectivity index (χ0v) is 16.1. The summed E-state index contributed by atoms with van der Waals surface area (Å²) >= 11 is 1.35. The molecule has 29 heavy (non-hydrogen) atoms. The highest BCUT2D eigenvalue weighted by atomic mass is 32.2. The molecule has 0 spiro atoms. The van der Waals surface area contributed by atoms with E-state index in [1.165, 1.54) is 11.8 Å². The number of nitrogens with two attached hydrogens (primary N) is 1. The summed E-state index contributed by atoms with van der Waals surface area (Å²) in [7, 11) is 0. The Morgan fingerprint density at radius 1 is 1.00 bits per heavy atom. The van der Waals surface area contributed by atoms with Crippen molar-refractivity contribution in [3.05, 3.63) is 82.5 Å². The Labute approximate surface area is 170 Å². The van der Waals surface area contributed by atoms with Crippen molar-refractivity contribution in [3.8, 4) is 0 Å². The number of rotatable bonds is 7. The molecule has 0 saturated heterocycles. The largest absolute Gasteiger partial charge is 0.368 e. The van der Waals surface area contributed by atoms with Crippen LogP contribution in [0.5, 0.6) is 0 Å². The van der Waals surface area contributed by atoms with Crippen LogP contribution < -0.4 is 16.7 Å². The highest BCUT2D eigenvalue weighted by molar-refractivity contribution is 7.98. The summed E-state index contributed by atoms with van der Waals surface area (Å²) in [6.45, 7) is 0.429. The van der Waals surface area contributed by atoms with Gasteiger partial charge in [0.2, 0.25) is 11.9 Å². The number of aromatic nitrogens is 6. The van der Waals surface area contributed by atoms with E-state index in [2.05, 4.69) is 30.5 Å². The standard InChI is InChI=1S/C19H18N8OS/c20-16-22-15(23-17(24-16)21-14-9-5-2-6-10-14)12-29-19-26-25-18(28)27(19)11-13-7-3-1-4-8-13/h1-10H,11-12H2,(H,25,28)(H3,20,21,22,23,24). The lowest BCUT2D eigenvalue weighted by Gasteiger charge is -2.08. The van der Waals surface area contributed by atoms with Gasteiger partial charge in [-0.3, -0.25) is 4.57 Å². The molecule has 0 aliphatic carbocycles. The number of nitrogens with one attached hydrogen (secondary N) is 2. The van der Waals surface area contributed by atoms with Gasteiger partial charge in [0.05, 0.1) is 12.3 Å². The molecule has 0 saturated carbocycles. The number of anilines is 3. The number of hydrogen-bond acceptors (Lipinski definition) is 8. The zero-order chi connectivity index (χ0) is 20.1. The fourth-order valence-corrected chi connectivity index (χ4v) is 3.46. The Kier molecular flexibility index (Phi) is 5.52. The molecule has 0 radical (unpaired) electrons. The van der Waals surface area contributed by atoms with E-state index >= 15 is 0 Å². The van der Waals surface area contributed by atoms with Crippen LogP contribution in [0.3, 0.4) is 0 Å². The van der Waals surface area contributed by atoms with Gasteiger partial charge in [-0.05, 0) is 17.7 Å². The first-order valence-corrected chi connectivity index (χ1v) is 9.80. The lowest BCUT2D eigenvalue weighted by molar-refractivity contribution is 0.687. The molecular formula is C19H18N8OS. The van der Waals surface area contributed by atoms with Crippen LogP contribution in [0.1, 0.15) is 11.4 Å². The monoisotopic (exact) mass is 406 g/mol. The van der Waals surface area contributed by atoms with Crippen LogP contribution >= 0.6 is 11.8 Å². The van der Waals surface area contributed by atoms with E-state index in [1.54, 1.807) is 4.57 Å². The highest BCUT2D eigenvalue weighted by Crippen LogP contribution is 2.20. The second kappa shape index (κ2) is 8.57. The second-order valence-corrected chi connectivity index (χ2v) is 7.04. The lowest BCUT2D eigenvalue weighted by Crippen LogP contribution is -2.18. The van der Waals surface area contributed by atoms with Gasteiger partial charge in [0.1, 0.15) is 5.82 Å². The SMILES string of the molecule is Nc1nc(CSc2n[nH]c(=O)n2Cc2ccccc2)nc(Nc2ccccc2)n1. The topological polar surface area (TPSA) is 127 Å². The fraction of sp³-hybridized carbons (Fsp3) is 0.105. The first-order valence-electron chi connectivity index (χ1n) is 8.82. The third kappa shape index (κ3) is 4.79. The smallest absolute Gasteiger partial charge is 0.344 e. The third-order valence-corrected chi connectivity index (χ3v) is 4.94. The molecule has 2 aromatic heterocycles. The summed E-state index contributed by atoms with van der Waals surface area (Å²) in [5.74, 6) is 1.36. The summed E-state index contributed by atoms with van der Waals surface area (Å²) in [6, 6.07) is 19.3. The number of benzene rings is 2. The molecule has 0 aliphatic rings. The quantitative estimate of drug-likeness (QED) is 0.399. The maximum Gasteiger partial charge on any atom is 0.344 e. The van der Waals surface area contributed by atoms with Crippen molar-refractivity contribution in [2.75, 3.05) is 11.1 Å². The van der Waals surface area contributed by atoms with Crippen LogP contribution in [0.4, 0.5) is 17.6 Å². The van der Waals surface area contributed by atoms with Crippen molar-refractivity contribution in [1.82, 2.24) is 29.7 Å². The van der Waals surface area contributed by atoms with Crippen LogP contribution in [0.25, 0.3) is 0 Å². The van der Waals surface area contributed by atoms with Gasteiger partial charge in [-0.2, -0.15) is 15.0 Å². The molecule has 2 heterocycles. The number of H-pyrrole nitrogens is 1. The van der Waals surface area contributed by atoms with Crippen molar-refractivity contribution >= 4 is 29.3 Å². The molecule has 4 N–H and O–H groups in total. The van der Waals surface area contributed by atoms with Gasteiger partial charge in [-0.15, -0.1) is 5.10 Å². The van der Waals surface area contributed by atoms with E-state index in [1.807, 2.05) is 60.7 Å². The third-order valence-electron chi connectivity index (χ3n) is 3.97. The van der Waals surface area contributed by atoms with Crippen molar-refractivity contribution in [2.45, 2.75) is 17.5 Å². The first-order chi connectivity index (χ1) is 14.2. The first kappa shape index (κ1) is 18.7. The predicted octanol–water partition coefficient (Wildman–Crippen LogP) is 2.42. The summed E-state index contributed by atoms with van der Waals surface area (Å²) in [5.41, 5.74) is 7.42. The van der Waals surface area contributed by atoms with Crippen LogP contribution in [0.15, 0.2) is 70.6 Å². The van der Waals surface area contributed by atoms with Gasteiger partial charge in [0.15, 0.2) is 5.16 Å². The molecule has 0 fully saturated rings. The van der Waals surface area contributed by atoms with E-state index in [-0.39, 0.29) is 11.6 Å². The Hall–Kier alpha value is -3.66. The van der Waals surface area contributed by atoms with E-state index < -0.39 is 0 Å². The van der Waals surface area contributed by atoms with Crippen LogP contribution in [0, 0.1) is 0 Å². The van der Waals surface area contributed by atoms with Crippen molar-refractivity contribution < 1.29 is 0 Å². The molecule has 4 rings (SSSR count). The normalized spacial score (nSPS) is 10.8. The Balaban J connectivity index is 1.49. The summed E-state index contributed by atoms with van der Waals surface area (Å²) in [6.07, 6.45) is 0. The second-order valence-electron chi connectivity index (χ2n) is 6.10. The number of hydrogen-bond donors (Lipinski definition) is 3. The number of para-hydroxylation sites is 1. The van der Waals surface area contributed by atoms with Gasteiger partial charge in [0, 0.05) is 5.69 Å². The predicted molar refractivity (Wildman–Crippen MR) is 112 cm³/mol. The van der Waals surface area contributed by atoms with E-state index in [4.69, 9.17) is 5.73 Å².